The van der Waals surface area contributed by atoms with E-state index in [1.807, 2.05) is 12.1 Å². The van der Waals surface area contributed by atoms with Gasteiger partial charge in [0.05, 0.1) is 0 Å². The Morgan fingerprint density at radius 3 is 2.48 bits per heavy atom. The van der Waals surface area contributed by atoms with E-state index < -0.39 is 5.82 Å². The Kier molecular flexibility index (Phi) is 5.71. The molecule has 0 fully saturated rings. The summed E-state index contributed by atoms with van der Waals surface area (Å²) in [6.45, 7) is 2.87. The summed E-state index contributed by atoms with van der Waals surface area (Å²) in [5, 5.41) is 4.03. The minimum atomic E-state index is -0.420. The summed E-state index contributed by atoms with van der Waals surface area (Å²) >= 11 is 5.90. The summed E-state index contributed by atoms with van der Waals surface area (Å²) < 4.78 is 27.1. The molecule has 112 valence electrons. The van der Waals surface area contributed by atoms with Gasteiger partial charge in [0.2, 0.25) is 0 Å². The van der Waals surface area contributed by atoms with Crippen molar-refractivity contribution in [3.05, 3.63) is 70.2 Å². The maximum absolute atomic E-state index is 13.8. The highest BCUT2D eigenvalue weighted by molar-refractivity contribution is 6.30. The van der Waals surface area contributed by atoms with E-state index in [-0.39, 0.29) is 11.9 Å². The topological polar surface area (TPSA) is 12.0 Å². The second kappa shape index (κ2) is 7.53. The van der Waals surface area contributed by atoms with Gasteiger partial charge >= 0.3 is 0 Å². The van der Waals surface area contributed by atoms with E-state index in [1.165, 1.54) is 12.1 Å². The molecule has 1 nitrogen and oxygen atoms in total. The van der Waals surface area contributed by atoms with Gasteiger partial charge in [0.25, 0.3) is 0 Å². The Morgan fingerprint density at radius 1 is 1.10 bits per heavy atom. The first-order valence-corrected chi connectivity index (χ1v) is 7.40. The van der Waals surface area contributed by atoms with Gasteiger partial charge < -0.3 is 5.32 Å². The SMILES string of the molecule is CCCNC(Cc1cc(F)ccc1F)c1ccc(Cl)cc1. The minimum Gasteiger partial charge on any atom is -0.310 e. The van der Waals surface area contributed by atoms with Crippen LogP contribution >= 0.6 is 11.6 Å². The second-order valence-electron chi connectivity index (χ2n) is 5.00. The zero-order valence-corrected chi connectivity index (χ0v) is 12.6. The van der Waals surface area contributed by atoms with Crippen LogP contribution in [-0.2, 0) is 6.42 Å². The average Bonchev–Trinajstić information content (AvgIpc) is 2.48. The van der Waals surface area contributed by atoms with Gasteiger partial charge in [-0.1, -0.05) is 30.7 Å². The summed E-state index contributed by atoms with van der Waals surface area (Å²) in [6.07, 6.45) is 1.36. The van der Waals surface area contributed by atoms with Gasteiger partial charge in [0, 0.05) is 11.1 Å². The van der Waals surface area contributed by atoms with Gasteiger partial charge in [-0.25, -0.2) is 8.78 Å². The highest BCUT2D eigenvalue weighted by Gasteiger charge is 2.14. The third-order valence-corrected chi connectivity index (χ3v) is 3.60. The van der Waals surface area contributed by atoms with Gasteiger partial charge in [-0.2, -0.15) is 0 Å². The van der Waals surface area contributed by atoms with Crippen molar-refractivity contribution in [3.8, 4) is 0 Å². The van der Waals surface area contributed by atoms with Crippen LogP contribution in [-0.4, -0.2) is 6.54 Å². The fourth-order valence-electron chi connectivity index (χ4n) is 2.24. The molecule has 0 spiro atoms. The number of hydrogen-bond donors (Lipinski definition) is 1. The second-order valence-corrected chi connectivity index (χ2v) is 5.43. The highest BCUT2D eigenvalue weighted by atomic mass is 35.5. The molecule has 21 heavy (non-hydrogen) atoms. The molecule has 2 rings (SSSR count). The number of nitrogens with one attached hydrogen (secondary N) is 1. The van der Waals surface area contributed by atoms with Crippen LogP contribution in [0.4, 0.5) is 8.78 Å². The molecule has 0 aliphatic rings. The summed E-state index contributed by atoms with van der Waals surface area (Å²) in [4.78, 5) is 0. The zero-order chi connectivity index (χ0) is 15.2. The van der Waals surface area contributed by atoms with Gasteiger partial charge in [0.1, 0.15) is 11.6 Å². The van der Waals surface area contributed by atoms with Crippen molar-refractivity contribution in [2.24, 2.45) is 0 Å². The Hall–Kier alpha value is -1.45. The van der Waals surface area contributed by atoms with E-state index in [4.69, 9.17) is 11.6 Å². The Bertz CT molecular complexity index is 584. The lowest BCUT2D eigenvalue weighted by Crippen LogP contribution is -2.24. The number of hydrogen-bond acceptors (Lipinski definition) is 1. The minimum absolute atomic E-state index is 0.0708. The fraction of sp³-hybridized carbons (Fsp3) is 0.294. The molecule has 1 N–H and O–H groups in total. The number of halogens is 3. The quantitative estimate of drug-likeness (QED) is 0.800. The molecule has 0 aromatic heterocycles. The third kappa shape index (κ3) is 4.51. The molecule has 0 saturated heterocycles. The van der Waals surface area contributed by atoms with E-state index in [0.29, 0.717) is 17.0 Å². The zero-order valence-electron chi connectivity index (χ0n) is 11.9. The molecule has 4 heteroatoms. The van der Waals surface area contributed by atoms with Crippen molar-refractivity contribution in [3.63, 3.8) is 0 Å². The van der Waals surface area contributed by atoms with Crippen molar-refractivity contribution in [1.29, 1.82) is 0 Å². The van der Waals surface area contributed by atoms with Crippen molar-refractivity contribution in [1.82, 2.24) is 5.32 Å². The van der Waals surface area contributed by atoms with Crippen LogP contribution in [0, 0.1) is 11.6 Å². The first kappa shape index (κ1) is 15.9. The van der Waals surface area contributed by atoms with E-state index in [1.54, 1.807) is 12.1 Å². The van der Waals surface area contributed by atoms with Crippen LogP contribution in [0.5, 0.6) is 0 Å². The largest absolute Gasteiger partial charge is 0.310 e. The highest BCUT2D eigenvalue weighted by Crippen LogP contribution is 2.22. The Labute approximate surface area is 128 Å². The maximum Gasteiger partial charge on any atom is 0.126 e. The average molecular weight is 310 g/mol. The van der Waals surface area contributed by atoms with Crippen LogP contribution in [0.15, 0.2) is 42.5 Å². The first-order chi connectivity index (χ1) is 10.1. The van der Waals surface area contributed by atoms with Gasteiger partial charge in [0.15, 0.2) is 0 Å². The van der Waals surface area contributed by atoms with Crippen molar-refractivity contribution < 1.29 is 8.78 Å². The molecule has 0 aliphatic carbocycles. The van der Waals surface area contributed by atoms with Crippen LogP contribution in [0.1, 0.15) is 30.5 Å². The predicted molar refractivity (Wildman–Crippen MR) is 82.5 cm³/mol. The molecular formula is C17H18ClF2N. The van der Waals surface area contributed by atoms with Crippen LogP contribution in [0.3, 0.4) is 0 Å². The van der Waals surface area contributed by atoms with Crippen molar-refractivity contribution in [2.45, 2.75) is 25.8 Å². The van der Waals surface area contributed by atoms with Crippen LogP contribution in [0.25, 0.3) is 0 Å². The van der Waals surface area contributed by atoms with Gasteiger partial charge in [-0.3, -0.25) is 0 Å². The van der Waals surface area contributed by atoms with Gasteiger partial charge in [-0.15, -0.1) is 0 Å². The fourth-order valence-corrected chi connectivity index (χ4v) is 2.37. The Balaban J connectivity index is 2.23. The van der Waals surface area contributed by atoms with Crippen molar-refractivity contribution in [2.75, 3.05) is 6.54 Å². The third-order valence-electron chi connectivity index (χ3n) is 3.34. The lowest BCUT2D eigenvalue weighted by atomic mass is 9.98. The summed E-state index contributed by atoms with van der Waals surface area (Å²) in [7, 11) is 0. The van der Waals surface area contributed by atoms with E-state index in [2.05, 4.69) is 12.2 Å². The molecule has 0 saturated carbocycles. The summed E-state index contributed by atoms with van der Waals surface area (Å²) in [5.74, 6) is -0.801. The molecular weight excluding hydrogens is 292 g/mol. The monoisotopic (exact) mass is 309 g/mol. The normalized spacial score (nSPS) is 12.4. The summed E-state index contributed by atoms with van der Waals surface area (Å²) in [6, 6.07) is 10.9. The molecule has 0 amide bonds. The van der Waals surface area contributed by atoms with Crippen LogP contribution < -0.4 is 5.32 Å². The first-order valence-electron chi connectivity index (χ1n) is 7.03. The molecule has 1 unspecified atom stereocenters. The molecule has 1 atom stereocenters. The van der Waals surface area contributed by atoms with Crippen LogP contribution in [0.2, 0.25) is 5.02 Å². The summed E-state index contributed by atoms with van der Waals surface area (Å²) in [5.41, 5.74) is 1.38. The number of rotatable bonds is 6. The smallest absolute Gasteiger partial charge is 0.126 e. The molecule has 2 aromatic carbocycles. The molecule has 2 aromatic rings. The lowest BCUT2D eigenvalue weighted by molar-refractivity contribution is 0.508. The van der Waals surface area contributed by atoms with E-state index >= 15 is 0 Å². The van der Waals surface area contributed by atoms with Crippen molar-refractivity contribution >= 4 is 11.6 Å². The number of benzene rings is 2. The van der Waals surface area contributed by atoms with E-state index in [9.17, 15) is 8.78 Å². The molecule has 0 bridgehead atoms. The molecule has 0 aliphatic heterocycles. The maximum atomic E-state index is 13.8. The van der Waals surface area contributed by atoms with E-state index in [0.717, 1.165) is 24.6 Å². The lowest BCUT2D eigenvalue weighted by Gasteiger charge is -2.19. The molecule has 0 radical (unpaired) electrons. The van der Waals surface area contributed by atoms with Gasteiger partial charge in [-0.05, 0) is 60.8 Å². The Morgan fingerprint density at radius 2 is 1.81 bits per heavy atom. The molecule has 0 heterocycles. The predicted octanol–water partition coefficient (Wildman–Crippen LogP) is 4.90. The standard InChI is InChI=1S/C17H18ClF2N/c1-2-9-21-17(12-3-5-14(18)6-4-12)11-13-10-15(19)7-8-16(13)20/h3-8,10,17,21H,2,9,11H2,1H3.